The number of nitrogens with one attached hydrogen (secondary N) is 1. The molecule has 0 aliphatic carbocycles. The van der Waals surface area contributed by atoms with E-state index in [0.29, 0.717) is 18.6 Å². The normalized spacial score (nSPS) is 10.0. The minimum absolute atomic E-state index is 0. The third-order valence-electron chi connectivity index (χ3n) is 2.56. The predicted molar refractivity (Wildman–Crippen MR) is 71.1 cm³/mol. The lowest BCUT2D eigenvalue weighted by atomic mass is 10.1. The largest absolute Gasteiger partial charge is 0.326 e. The second-order valence-corrected chi connectivity index (χ2v) is 4.13. The summed E-state index contributed by atoms with van der Waals surface area (Å²) < 4.78 is 0. The van der Waals surface area contributed by atoms with Gasteiger partial charge in [0.25, 0.3) is 0 Å². The molecule has 0 aliphatic rings. The van der Waals surface area contributed by atoms with Crippen molar-refractivity contribution in [2.75, 3.05) is 5.32 Å². The van der Waals surface area contributed by atoms with Gasteiger partial charge in [-0.3, -0.25) is 9.59 Å². The van der Waals surface area contributed by atoms with E-state index in [2.05, 4.69) is 5.32 Å². The van der Waals surface area contributed by atoms with Crippen molar-refractivity contribution in [3.8, 4) is 0 Å². The monoisotopic (exact) mass is 235 g/mol. The molecule has 0 spiro atoms. The molecule has 0 unspecified atom stereocenters. The first-order valence-corrected chi connectivity index (χ1v) is 6.00. The third-order valence-corrected chi connectivity index (χ3v) is 2.56. The van der Waals surface area contributed by atoms with Gasteiger partial charge in [0.15, 0.2) is 0 Å². The van der Waals surface area contributed by atoms with Gasteiger partial charge in [-0.05, 0) is 30.5 Å². The first-order valence-electron chi connectivity index (χ1n) is 6.00. The Morgan fingerprint density at radius 3 is 2.76 bits per heavy atom. The highest BCUT2D eigenvalue weighted by Gasteiger charge is 2.01. The minimum Gasteiger partial charge on any atom is -0.326 e. The molecule has 0 saturated heterocycles. The summed E-state index contributed by atoms with van der Waals surface area (Å²) in [5.41, 5.74) is 1.97. The van der Waals surface area contributed by atoms with Crippen molar-refractivity contribution in [1.82, 2.24) is 0 Å². The molecule has 1 N–H and O–H groups in total. The van der Waals surface area contributed by atoms with Crippen LogP contribution in [0.15, 0.2) is 24.3 Å². The molecule has 0 saturated carbocycles. The highest BCUT2D eigenvalue weighted by atomic mass is 16.1. The standard InChI is InChI=1S/C14H19NO2.H2/c1-3-14(17)9-5-7-12-6-4-8-13(10-12)15-11(2)16;/h4,6,8,10H,3,5,7,9H2,1-2H3,(H,15,16);1H. The Kier molecular flexibility index (Phi) is 5.40. The Morgan fingerprint density at radius 2 is 2.12 bits per heavy atom. The van der Waals surface area contributed by atoms with Crippen molar-refractivity contribution >= 4 is 17.4 Å². The molecule has 0 radical (unpaired) electrons. The van der Waals surface area contributed by atoms with Crippen LogP contribution >= 0.6 is 0 Å². The van der Waals surface area contributed by atoms with Crippen LogP contribution in [0, 0.1) is 0 Å². The van der Waals surface area contributed by atoms with Crippen molar-refractivity contribution in [2.45, 2.75) is 39.5 Å². The molecule has 1 aromatic carbocycles. The van der Waals surface area contributed by atoms with Crippen LogP contribution < -0.4 is 5.32 Å². The fraction of sp³-hybridized carbons (Fsp3) is 0.429. The van der Waals surface area contributed by atoms with E-state index < -0.39 is 0 Å². The lowest BCUT2D eigenvalue weighted by Gasteiger charge is -2.05. The van der Waals surface area contributed by atoms with Crippen molar-refractivity contribution in [3.05, 3.63) is 29.8 Å². The van der Waals surface area contributed by atoms with Crippen molar-refractivity contribution < 1.29 is 11.0 Å². The van der Waals surface area contributed by atoms with Gasteiger partial charge < -0.3 is 5.32 Å². The summed E-state index contributed by atoms with van der Waals surface area (Å²) in [5.74, 6) is 0.242. The molecule has 1 amide bonds. The van der Waals surface area contributed by atoms with E-state index in [9.17, 15) is 9.59 Å². The van der Waals surface area contributed by atoms with Crippen LogP contribution in [0.1, 0.15) is 40.1 Å². The Labute approximate surface area is 104 Å². The predicted octanol–water partition coefficient (Wildman–Crippen LogP) is 3.19. The number of carbonyl (C=O) groups is 2. The Hall–Kier alpha value is -1.64. The summed E-state index contributed by atoms with van der Waals surface area (Å²) >= 11 is 0. The average Bonchev–Trinajstić information content (AvgIpc) is 2.28. The zero-order valence-corrected chi connectivity index (χ0v) is 10.5. The molecule has 1 aromatic rings. The lowest BCUT2D eigenvalue weighted by molar-refractivity contribution is -0.118. The van der Waals surface area contributed by atoms with Gasteiger partial charge in [-0.15, -0.1) is 0 Å². The summed E-state index contributed by atoms with van der Waals surface area (Å²) in [6.07, 6.45) is 3.00. The zero-order chi connectivity index (χ0) is 12.7. The number of rotatable bonds is 6. The molecule has 0 atom stereocenters. The Bertz CT molecular complexity index is 405. The summed E-state index contributed by atoms with van der Waals surface area (Å²) in [7, 11) is 0. The van der Waals surface area contributed by atoms with Crippen LogP contribution in [-0.4, -0.2) is 11.7 Å². The molecule has 0 aliphatic heterocycles. The number of carbonyl (C=O) groups excluding carboxylic acids is 2. The SMILES string of the molecule is CCC(=O)CCCc1cccc(NC(C)=O)c1.[HH]. The summed E-state index contributed by atoms with van der Waals surface area (Å²) in [6, 6.07) is 7.75. The molecule has 0 heterocycles. The lowest BCUT2D eigenvalue weighted by Crippen LogP contribution is -2.05. The van der Waals surface area contributed by atoms with Gasteiger partial charge in [0, 0.05) is 26.9 Å². The summed E-state index contributed by atoms with van der Waals surface area (Å²) in [6.45, 7) is 3.38. The molecular formula is C14H21NO2. The Balaban J connectivity index is 0.00000289. The van der Waals surface area contributed by atoms with Gasteiger partial charge in [0.1, 0.15) is 5.78 Å². The van der Waals surface area contributed by atoms with E-state index in [1.165, 1.54) is 6.92 Å². The maximum Gasteiger partial charge on any atom is 0.221 e. The maximum atomic E-state index is 11.2. The number of hydrogen-bond donors (Lipinski definition) is 1. The average molecular weight is 235 g/mol. The number of aryl methyl sites for hydroxylation is 1. The zero-order valence-electron chi connectivity index (χ0n) is 10.5. The Morgan fingerprint density at radius 1 is 1.35 bits per heavy atom. The first kappa shape index (κ1) is 13.4. The number of Topliss-reactive ketones (excluding diaryl/α,β-unsaturated/α-hetero) is 1. The van der Waals surface area contributed by atoms with E-state index in [-0.39, 0.29) is 7.33 Å². The highest BCUT2D eigenvalue weighted by molar-refractivity contribution is 5.88. The molecule has 0 fully saturated rings. The van der Waals surface area contributed by atoms with Crippen LogP contribution in [-0.2, 0) is 16.0 Å². The third kappa shape index (κ3) is 5.29. The van der Waals surface area contributed by atoms with E-state index in [1.807, 2.05) is 31.2 Å². The number of amides is 1. The van der Waals surface area contributed by atoms with Gasteiger partial charge in [0.2, 0.25) is 5.91 Å². The molecule has 0 aromatic heterocycles. The minimum atomic E-state index is -0.0664. The highest BCUT2D eigenvalue weighted by Crippen LogP contribution is 2.13. The molecule has 94 valence electrons. The van der Waals surface area contributed by atoms with Crippen LogP contribution in [0.25, 0.3) is 0 Å². The van der Waals surface area contributed by atoms with Crippen molar-refractivity contribution in [2.24, 2.45) is 0 Å². The molecule has 17 heavy (non-hydrogen) atoms. The van der Waals surface area contributed by atoms with E-state index in [1.54, 1.807) is 0 Å². The van der Waals surface area contributed by atoms with E-state index in [4.69, 9.17) is 0 Å². The molecule has 3 nitrogen and oxygen atoms in total. The van der Waals surface area contributed by atoms with Crippen LogP contribution in [0.2, 0.25) is 0 Å². The first-order chi connectivity index (χ1) is 8.11. The van der Waals surface area contributed by atoms with Crippen molar-refractivity contribution in [3.63, 3.8) is 0 Å². The molecule has 0 bridgehead atoms. The second-order valence-electron chi connectivity index (χ2n) is 4.13. The van der Waals surface area contributed by atoms with E-state index >= 15 is 0 Å². The molecule has 3 heteroatoms. The summed E-state index contributed by atoms with van der Waals surface area (Å²) in [5, 5.41) is 2.75. The van der Waals surface area contributed by atoms with Crippen LogP contribution in [0.3, 0.4) is 0 Å². The topological polar surface area (TPSA) is 46.2 Å². The van der Waals surface area contributed by atoms with Crippen LogP contribution in [0.5, 0.6) is 0 Å². The smallest absolute Gasteiger partial charge is 0.221 e. The number of anilines is 1. The van der Waals surface area contributed by atoms with Gasteiger partial charge >= 0.3 is 0 Å². The van der Waals surface area contributed by atoms with Crippen LogP contribution in [0.4, 0.5) is 5.69 Å². The number of ketones is 1. The van der Waals surface area contributed by atoms with Crippen molar-refractivity contribution in [1.29, 1.82) is 0 Å². The van der Waals surface area contributed by atoms with Gasteiger partial charge in [0.05, 0.1) is 0 Å². The molecule has 1 rings (SSSR count). The number of hydrogen-bond acceptors (Lipinski definition) is 2. The molecular weight excluding hydrogens is 214 g/mol. The number of benzene rings is 1. The quantitative estimate of drug-likeness (QED) is 0.823. The van der Waals surface area contributed by atoms with Gasteiger partial charge in [-0.2, -0.15) is 0 Å². The fourth-order valence-corrected chi connectivity index (χ4v) is 1.67. The summed E-state index contributed by atoms with van der Waals surface area (Å²) in [4.78, 5) is 22.1. The second kappa shape index (κ2) is 6.84. The maximum absolute atomic E-state index is 11.2. The van der Waals surface area contributed by atoms with Gasteiger partial charge in [-0.25, -0.2) is 0 Å². The van der Waals surface area contributed by atoms with Gasteiger partial charge in [-0.1, -0.05) is 19.1 Å². The fourth-order valence-electron chi connectivity index (χ4n) is 1.67. The van der Waals surface area contributed by atoms with E-state index in [0.717, 1.165) is 24.1 Å².